The summed E-state index contributed by atoms with van der Waals surface area (Å²) in [5, 5.41) is 6.30. The molecule has 0 aliphatic heterocycles. The largest absolute Gasteiger partial charge is 0.490 e. The van der Waals surface area contributed by atoms with E-state index >= 15 is 0 Å². The molecule has 0 amide bonds. The van der Waals surface area contributed by atoms with Crippen LogP contribution in [0.1, 0.15) is 12.5 Å². The van der Waals surface area contributed by atoms with Crippen LogP contribution < -0.4 is 19.6 Å². The Morgan fingerprint density at radius 1 is 1.12 bits per heavy atom. The van der Waals surface area contributed by atoms with E-state index in [1.165, 1.54) is 22.8 Å². The van der Waals surface area contributed by atoms with Crippen LogP contribution in [-0.4, -0.2) is 27.2 Å². The van der Waals surface area contributed by atoms with E-state index in [-0.39, 0.29) is 5.56 Å². The van der Waals surface area contributed by atoms with Gasteiger partial charge in [-0.3, -0.25) is 9.59 Å². The predicted octanol–water partition coefficient (Wildman–Crippen LogP) is 4.01. The fraction of sp³-hybridized carbons (Fsp3) is 0.0769. The molecule has 3 aromatic carbocycles. The van der Waals surface area contributed by atoms with Crippen LogP contribution >= 0.6 is 11.3 Å². The molecule has 0 spiro atoms. The van der Waals surface area contributed by atoms with Crippen LogP contribution in [0.5, 0.6) is 11.5 Å². The van der Waals surface area contributed by atoms with Crippen LogP contribution in [0.25, 0.3) is 33.2 Å². The molecule has 0 fully saturated rings. The lowest BCUT2D eigenvalue weighted by Crippen LogP contribution is -2.23. The Bertz CT molecular complexity index is 1650. The number of benzene rings is 3. The van der Waals surface area contributed by atoms with Crippen LogP contribution in [0.15, 0.2) is 78.1 Å². The van der Waals surface area contributed by atoms with Crippen LogP contribution in [-0.2, 0) is 4.79 Å². The summed E-state index contributed by atoms with van der Waals surface area (Å²) < 4.78 is 12.7. The summed E-state index contributed by atoms with van der Waals surface area (Å²) in [5.41, 5.74) is 1.14. The van der Waals surface area contributed by atoms with Gasteiger partial charge in [0, 0.05) is 6.92 Å². The lowest BCUT2D eigenvalue weighted by molar-refractivity contribution is -0.131. The van der Waals surface area contributed by atoms with Crippen molar-refractivity contribution in [2.75, 3.05) is 6.61 Å². The van der Waals surface area contributed by atoms with Crippen molar-refractivity contribution in [3.63, 3.8) is 0 Å². The second-order valence-corrected chi connectivity index (χ2v) is 8.51. The number of rotatable bonds is 6. The normalized spacial score (nSPS) is 11.7. The molecular weight excluding hydrogens is 450 g/mol. The zero-order chi connectivity index (χ0) is 23.7. The highest BCUT2D eigenvalue weighted by molar-refractivity contribution is 7.15. The molecule has 0 saturated heterocycles. The Kier molecular flexibility index (Phi) is 5.65. The van der Waals surface area contributed by atoms with Crippen LogP contribution in [0.2, 0.25) is 0 Å². The van der Waals surface area contributed by atoms with Crippen LogP contribution in [0.3, 0.4) is 0 Å². The van der Waals surface area contributed by atoms with Crippen molar-refractivity contribution in [2.24, 2.45) is 0 Å². The van der Waals surface area contributed by atoms with Gasteiger partial charge in [0.15, 0.2) is 5.82 Å². The van der Waals surface area contributed by atoms with Gasteiger partial charge in [0.05, 0.1) is 10.1 Å². The number of hydrogen-bond acceptors (Lipinski definition) is 7. The molecule has 0 aliphatic carbocycles. The number of ether oxygens (including phenoxy) is 2. The summed E-state index contributed by atoms with van der Waals surface area (Å²) in [7, 11) is 0. The van der Waals surface area contributed by atoms with Gasteiger partial charge >= 0.3 is 5.97 Å². The highest BCUT2D eigenvalue weighted by Crippen LogP contribution is 2.33. The van der Waals surface area contributed by atoms with Gasteiger partial charge in [0.2, 0.25) is 4.96 Å². The monoisotopic (exact) mass is 469 g/mol. The summed E-state index contributed by atoms with van der Waals surface area (Å²) in [6, 6.07) is 18.8. The lowest BCUT2D eigenvalue weighted by atomic mass is 10.1. The standard InChI is InChI=1S/C26H19N3O4S/c1-3-12-32-20-10-8-17(9-11-20)13-23-25(31)29-26(34-23)27-24(28-29)21-14-18-6-4-5-7-19(18)15-22(21)33-16(2)30/h3-11,13-15H,1,12H2,2H3/b23-13-. The minimum Gasteiger partial charge on any atom is -0.490 e. The van der Waals surface area contributed by atoms with Gasteiger partial charge in [-0.2, -0.15) is 9.50 Å². The second kappa shape index (κ2) is 8.92. The first-order chi connectivity index (χ1) is 16.5. The van der Waals surface area contributed by atoms with Gasteiger partial charge in [-0.15, -0.1) is 5.10 Å². The Hall–Kier alpha value is -4.30. The maximum atomic E-state index is 13.0. The number of aromatic nitrogens is 3. The Morgan fingerprint density at radius 3 is 2.53 bits per heavy atom. The molecule has 34 heavy (non-hydrogen) atoms. The number of nitrogens with zero attached hydrogens (tertiary/aromatic N) is 3. The van der Waals surface area contributed by atoms with Crippen molar-refractivity contribution in [3.8, 4) is 22.9 Å². The molecule has 5 rings (SSSR count). The molecule has 2 aromatic heterocycles. The fourth-order valence-corrected chi connectivity index (χ4v) is 4.46. The van der Waals surface area contributed by atoms with Gasteiger partial charge in [0.1, 0.15) is 18.1 Å². The zero-order valence-electron chi connectivity index (χ0n) is 18.2. The fourth-order valence-electron chi connectivity index (χ4n) is 3.55. The van der Waals surface area contributed by atoms with Crippen molar-refractivity contribution in [3.05, 3.63) is 93.8 Å². The summed E-state index contributed by atoms with van der Waals surface area (Å²) in [6.07, 6.45) is 3.47. The molecule has 5 aromatic rings. The van der Waals surface area contributed by atoms with E-state index in [9.17, 15) is 9.59 Å². The third-order valence-corrected chi connectivity index (χ3v) is 6.03. The van der Waals surface area contributed by atoms with Gasteiger partial charge < -0.3 is 9.47 Å². The van der Waals surface area contributed by atoms with E-state index < -0.39 is 5.97 Å². The highest BCUT2D eigenvalue weighted by Gasteiger charge is 2.17. The molecule has 0 bridgehead atoms. The highest BCUT2D eigenvalue weighted by atomic mass is 32.1. The minimum atomic E-state index is -0.445. The van der Waals surface area contributed by atoms with Gasteiger partial charge in [0.25, 0.3) is 5.56 Å². The van der Waals surface area contributed by atoms with Gasteiger partial charge in [-0.1, -0.05) is 60.4 Å². The van der Waals surface area contributed by atoms with E-state index in [2.05, 4.69) is 16.7 Å². The molecule has 8 heteroatoms. The number of hydrogen-bond donors (Lipinski definition) is 0. The number of fused-ring (bicyclic) bond motifs is 2. The van der Waals surface area contributed by atoms with E-state index in [1.807, 2.05) is 54.6 Å². The van der Waals surface area contributed by atoms with Gasteiger partial charge in [-0.05, 0) is 46.7 Å². The molecular formula is C26H19N3O4S. The third-order valence-electron chi connectivity index (χ3n) is 5.07. The first-order valence-electron chi connectivity index (χ1n) is 10.5. The second-order valence-electron chi connectivity index (χ2n) is 7.50. The van der Waals surface area contributed by atoms with E-state index in [0.717, 1.165) is 22.1 Å². The van der Waals surface area contributed by atoms with Crippen molar-refractivity contribution in [1.82, 2.24) is 14.6 Å². The Morgan fingerprint density at radius 2 is 1.85 bits per heavy atom. The summed E-state index contributed by atoms with van der Waals surface area (Å²) >= 11 is 1.24. The minimum absolute atomic E-state index is 0.263. The van der Waals surface area contributed by atoms with Crippen molar-refractivity contribution >= 4 is 39.1 Å². The Balaban J connectivity index is 1.55. The topological polar surface area (TPSA) is 82.8 Å². The van der Waals surface area contributed by atoms with Crippen LogP contribution in [0.4, 0.5) is 0 Å². The molecule has 0 atom stereocenters. The predicted molar refractivity (Wildman–Crippen MR) is 132 cm³/mol. The Labute approximate surface area is 198 Å². The third kappa shape index (κ3) is 4.18. The number of esters is 1. The van der Waals surface area contributed by atoms with Gasteiger partial charge in [-0.25, -0.2) is 0 Å². The molecule has 168 valence electrons. The molecule has 2 heterocycles. The zero-order valence-corrected chi connectivity index (χ0v) is 19.0. The SMILES string of the molecule is C=CCOc1ccc(/C=c2\sc3nc(-c4cc5ccccc5cc4OC(C)=O)nn3c2=O)cc1. The smallest absolute Gasteiger partial charge is 0.308 e. The van der Waals surface area contributed by atoms with E-state index in [4.69, 9.17) is 9.47 Å². The molecule has 0 N–H and O–H groups in total. The maximum Gasteiger partial charge on any atom is 0.308 e. The molecule has 0 aliphatic rings. The molecule has 0 radical (unpaired) electrons. The van der Waals surface area contributed by atoms with Crippen molar-refractivity contribution < 1.29 is 14.3 Å². The molecule has 0 saturated carbocycles. The summed E-state index contributed by atoms with van der Waals surface area (Å²) in [5.74, 6) is 0.952. The number of carbonyl (C=O) groups is 1. The van der Waals surface area contributed by atoms with E-state index in [1.54, 1.807) is 18.2 Å². The summed E-state index contributed by atoms with van der Waals surface area (Å²) in [4.78, 5) is 29.7. The summed E-state index contributed by atoms with van der Waals surface area (Å²) in [6.45, 7) is 5.40. The van der Waals surface area contributed by atoms with Crippen molar-refractivity contribution in [2.45, 2.75) is 6.92 Å². The first-order valence-corrected chi connectivity index (χ1v) is 11.3. The van der Waals surface area contributed by atoms with Crippen molar-refractivity contribution in [1.29, 1.82) is 0 Å². The number of carbonyl (C=O) groups excluding carboxylic acids is 1. The van der Waals surface area contributed by atoms with E-state index in [0.29, 0.717) is 33.2 Å². The maximum absolute atomic E-state index is 13.0. The number of thiazole rings is 1. The molecule has 7 nitrogen and oxygen atoms in total. The molecule has 0 unspecified atom stereocenters. The first kappa shape index (κ1) is 21.5. The lowest BCUT2D eigenvalue weighted by Gasteiger charge is -2.08. The quantitative estimate of drug-likeness (QED) is 0.212. The average Bonchev–Trinajstić information content (AvgIpc) is 3.37. The average molecular weight is 470 g/mol. The van der Waals surface area contributed by atoms with Crippen LogP contribution in [0, 0.1) is 0 Å².